The highest BCUT2D eigenvalue weighted by molar-refractivity contribution is 5.95. The number of nitrogens with one attached hydrogen (secondary N) is 1. The van der Waals surface area contributed by atoms with E-state index in [2.05, 4.69) is 47.7 Å². The van der Waals surface area contributed by atoms with Gasteiger partial charge in [-0.15, -0.1) is 10.2 Å². The van der Waals surface area contributed by atoms with Gasteiger partial charge in [-0.3, -0.25) is 19.5 Å². The number of carbonyl (C=O) groups is 2. The molecule has 13 heteroatoms. The third-order valence-corrected chi connectivity index (χ3v) is 8.03. The molecule has 3 aromatic heterocycles. The molecular weight excluding hydrogens is 562 g/mol. The van der Waals surface area contributed by atoms with Crippen molar-refractivity contribution < 1.29 is 18.7 Å². The van der Waals surface area contributed by atoms with Crippen molar-refractivity contribution in [2.24, 2.45) is 13.0 Å². The van der Waals surface area contributed by atoms with Crippen molar-refractivity contribution in [3.05, 3.63) is 83.9 Å². The number of aromatic nitrogens is 6. The maximum atomic E-state index is 13.5. The standard InChI is InChI=1S/C31H31N9O4/c1-38-36-28(35-37-38)27(20-5-3-2-4-6-20)39-12-14-40(15-13-39)31(42)25-17-21(9-11-32-25)30-34-24-18-23(7-8-26(24)44-30)33-29(41)22-10-16-43-19-22/h2-9,11,17-18,22,27H,10,12-16,19H2,1H3,(H,33,41). The van der Waals surface area contributed by atoms with Crippen LogP contribution in [0.15, 0.2) is 71.3 Å². The summed E-state index contributed by atoms with van der Waals surface area (Å²) in [6.07, 6.45) is 2.31. The minimum Gasteiger partial charge on any atom is -0.436 e. The lowest BCUT2D eigenvalue weighted by Gasteiger charge is -2.38. The van der Waals surface area contributed by atoms with Crippen molar-refractivity contribution in [1.29, 1.82) is 0 Å². The molecule has 5 aromatic rings. The molecule has 2 saturated heterocycles. The number of oxazole rings is 1. The largest absolute Gasteiger partial charge is 0.436 e. The molecule has 2 atom stereocenters. The average molecular weight is 594 g/mol. The lowest BCUT2D eigenvalue weighted by atomic mass is 10.0. The van der Waals surface area contributed by atoms with E-state index in [4.69, 9.17) is 9.15 Å². The van der Waals surface area contributed by atoms with Crippen LogP contribution in [-0.4, -0.2) is 91.2 Å². The van der Waals surface area contributed by atoms with Crippen LogP contribution in [0.2, 0.25) is 0 Å². The van der Waals surface area contributed by atoms with Gasteiger partial charge in [-0.25, -0.2) is 4.98 Å². The first-order valence-electron chi connectivity index (χ1n) is 14.6. The zero-order valence-electron chi connectivity index (χ0n) is 24.2. The maximum absolute atomic E-state index is 13.5. The summed E-state index contributed by atoms with van der Waals surface area (Å²) >= 11 is 0. The van der Waals surface area contributed by atoms with E-state index >= 15 is 0 Å². The molecule has 0 saturated carbocycles. The van der Waals surface area contributed by atoms with Gasteiger partial charge in [-0.2, -0.15) is 4.80 Å². The minimum atomic E-state index is -0.159. The Morgan fingerprint density at radius 3 is 2.61 bits per heavy atom. The molecule has 2 amide bonds. The normalized spacial score (nSPS) is 18.0. The lowest BCUT2D eigenvalue weighted by Crippen LogP contribution is -2.50. The SMILES string of the molecule is Cn1nnc(C(c2ccccc2)N2CCN(C(=O)c3cc(-c4nc5cc(NC(=O)C6CCOC6)ccc5o4)ccn3)CC2)n1. The van der Waals surface area contributed by atoms with Gasteiger partial charge in [0.15, 0.2) is 11.4 Å². The van der Waals surface area contributed by atoms with Gasteiger partial charge in [0, 0.05) is 50.2 Å². The number of hydrogen-bond acceptors (Lipinski definition) is 10. The summed E-state index contributed by atoms with van der Waals surface area (Å²) in [5, 5.41) is 15.7. The summed E-state index contributed by atoms with van der Waals surface area (Å²) in [5.74, 6) is 0.636. The van der Waals surface area contributed by atoms with Crippen LogP contribution in [0.5, 0.6) is 0 Å². The monoisotopic (exact) mass is 593 g/mol. The van der Waals surface area contributed by atoms with Gasteiger partial charge in [0.25, 0.3) is 5.91 Å². The number of rotatable bonds is 7. The van der Waals surface area contributed by atoms with Crippen LogP contribution in [0.3, 0.4) is 0 Å². The Hall–Kier alpha value is -5.01. The molecule has 0 aliphatic carbocycles. The van der Waals surface area contributed by atoms with Gasteiger partial charge in [0.2, 0.25) is 11.8 Å². The lowest BCUT2D eigenvalue weighted by molar-refractivity contribution is -0.119. The molecule has 7 rings (SSSR count). The molecule has 2 unspecified atom stereocenters. The maximum Gasteiger partial charge on any atom is 0.272 e. The molecule has 2 fully saturated rings. The predicted octanol–water partition coefficient (Wildman–Crippen LogP) is 2.94. The highest BCUT2D eigenvalue weighted by Crippen LogP contribution is 2.29. The first-order chi connectivity index (χ1) is 21.5. The summed E-state index contributed by atoms with van der Waals surface area (Å²) in [6, 6.07) is 18.7. The summed E-state index contributed by atoms with van der Waals surface area (Å²) < 4.78 is 11.3. The number of ether oxygens (including phenoxy) is 1. The predicted molar refractivity (Wildman–Crippen MR) is 159 cm³/mol. The number of piperazine rings is 1. The second-order valence-electron chi connectivity index (χ2n) is 11.0. The van der Waals surface area contributed by atoms with E-state index in [1.54, 1.807) is 43.6 Å². The average Bonchev–Trinajstić information content (AvgIpc) is 3.84. The Morgan fingerprint density at radius 1 is 1.02 bits per heavy atom. The van der Waals surface area contributed by atoms with E-state index < -0.39 is 0 Å². The molecule has 5 heterocycles. The Kier molecular flexibility index (Phi) is 7.54. The fraction of sp³-hybridized carbons (Fsp3) is 0.323. The molecule has 224 valence electrons. The summed E-state index contributed by atoms with van der Waals surface area (Å²) in [7, 11) is 1.75. The van der Waals surface area contributed by atoms with Crippen molar-refractivity contribution in [2.75, 3.05) is 44.7 Å². The quantitative estimate of drug-likeness (QED) is 0.299. The van der Waals surface area contributed by atoms with Crippen molar-refractivity contribution in [3.63, 3.8) is 0 Å². The number of aryl methyl sites for hydroxylation is 1. The van der Waals surface area contributed by atoms with Gasteiger partial charge >= 0.3 is 0 Å². The number of hydrogen-bond donors (Lipinski definition) is 1. The van der Waals surface area contributed by atoms with Crippen LogP contribution in [0.4, 0.5) is 5.69 Å². The van der Waals surface area contributed by atoms with Gasteiger partial charge in [-0.05, 0) is 47.5 Å². The fourth-order valence-corrected chi connectivity index (χ4v) is 5.71. The second kappa shape index (κ2) is 11.9. The van der Waals surface area contributed by atoms with Gasteiger partial charge in [-0.1, -0.05) is 30.3 Å². The molecule has 2 aromatic carbocycles. The van der Waals surface area contributed by atoms with Gasteiger partial charge in [0.05, 0.1) is 25.6 Å². The van der Waals surface area contributed by atoms with E-state index in [0.29, 0.717) is 79.2 Å². The van der Waals surface area contributed by atoms with Gasteiger partial charge in [0.1, 0.15) is 11.2 Å². The number of pyridine rings is 1. The third kappa shape index (κ3) is 5.66. The number of fused-ring (bicyclic) bond motifs is 1. The Balaban J connectivity index is 1.04. The molecule has 0 radical (unpaired) electrons. The number of nitrogens with zero attached hydrogens (tertiary/aromatic N) is 8. The Bertz CT molecular complexity index is 1790. The van der Waals surface area contributed by atoms with Crippen LogP contribution < -0.4 is 5.32 Å². The van der Waals surface area contributed by atoms with Crippen LogP contribution in [0.25, 0.3) is 22.6 Å². The fourth-order valence-electron chi connectivity index (χ4n) is 5.71. The molecular formula is C31H31N9O4. The molecule has 13 nitrogen and oxygen atoms in total. The van der Waals surface area contributed by atoms with Gasteiger partial charge < -0.3 is 19.4 Å². The number of anilines is 1. The smallest absolute Gasteiger partial charge is 0.272 e. The van der Waals surface area contributed by atoms with Crippen molar-refractivity contribution >= 4 is 28.6 Å². The number of amides is 2. The highest BCUT2D eigenvalue weighted by Gasteiger charge is 2.31. The highest BCUT2D eigenvalue weighted by atomic mass is 16.5. The molecule has 2 aliphatic heterocycles. The zero-order valence-corrected chi connectivity index (χ0v) is 24.2. The first kappa shape index (κ1) is 27.8. The Morgan fingerprint density at radius 2 is 1.86 bits per heavy atom. The van der Waals surface area contributed by atoms with Crippen LogP contribution in [-0.2, 0) is 16.6 Å². The van der Waals surface area contributed by atoms with Crippen molar-refractivity contribution in [1.82, 2.24) is 40.0 Å². The minimum absolute atomic E-state index is 0.0651. The second-order valence-corrected chi connectivity index (χ2v) is 11.0. The molecule has 44 heavy (non-hydrogen) atoms. The number of benzene rings is 2. The molecule has 0 bridgehead atoms. The summed E-state index contributed by atoms with van der Waals surface area (Å²) in [5.41, 5.74) is 3.86. The molecule has 0 spiro atoms. The first-order valence-corrected chi connectivity index (χ1v) is 14.6. The van der Waals surface area contributed by atoms with E-state index in [9.17, 15) is 9.59 Å². The number of tetrazole rings is 1. The number of carbonyl (C=O) groups excluding carboxylic acids is 2. The molecule has 1 N–H and O–H groups in total. The van der Waals surface area contributed by atoms with E-state index in [1.807, 2.05) is 23.1 Å². The summed E-state index contributed by atoms with van der Waals surface area (Å²) in [4.78, 5) is 40.6. The van der Waals surface area contributed by atoms with E-state index in [-0.39, 0.29) is 23.8 Å². The van der Waals surface area contributed by atoms with E-state index in [0.717, 1.165) is 12.0 Å². The van der Waals surface area contributed by atoms with Crippen LogP contribution in [0.1, 0.15) is 34.3 Å². The Labute approximate surface area is 252 Å². The molecule has 2 aliphatic rings. The van der Waals surface area contributed by atoms with Crippen molar-refractivity contribution in [2.45, 2.75) is 12.5 Å². The topological polar surface area (TPSA) is 144 Å². The van der Waals surface area contributed by atoms with Crippen molar-refractivity contribution in [3.8, 4) is 11.5 Å². The van der Waals surface area contributed by atoms with Crippen LogP contribution in [0, 0.1) is 5.92 Å². The van der Waals surface area contributed by atoms with Crippen LogP contribution >= 0.6 is 0 Å². The summed E-state index contributed by atoms with van der Waals surface area (Å²) in [6.45, 7) is 3.38. The zero-order chi connectivity index (χ0) is 30.0. The van der Waals surface area contributed by atoms with E-state index in [1.165, 1.54) is 4.80 Å². The third-order valence-electron chi connectivity index (χ3n) is 8.03.